The second-order valence-electron chi connectivity index (χ2n) is 6.22. The van der Waals surface area contributed by atoms with Gasteiger partial charge in [-0.15, -0.1) is 0 Å². The Kier molecular flexibility index (Phi) is 5.49. The summed E-state index contributed by atoms with van der Waals surface area (Å²) in [7, 11) is 0. The number of hydrogen-bond acceptors (Lipinski definition) is 4. The molecule has 1 heterocycles. The van der Waals surface area contributed by atoms with E-state index in [4.69, 9.17) is 9.47 Å². The number of nitrogens with one attached hydrogen (secondary N) is 1. The Morgan fingerprint density at radius 1 is 1.12 bits per heavy atom. The molecule has 1 atom stereocenters. The first kappa shape index (κ1) is 16.5. The van der Waals surface area contributed by atoms with E-state index in [9.17, 15) is 4.79 Å². The lowest BCUT2D eigenvalue weighted by Gasteiger charge is -2.27. The summed E-state index contributed by atoms with van der Waals surface area (Å²) in [4.78, 5) is 12.0. The maximum Gasteiger partial charge on any atom is 0.306 e. The predicted molar refractivity (Wildman–Crippen MR) is 93.0 cm³/mol. The van der Waals surface area contributed by atoms with Crippen LogP contribution in [0.5, 0.6) is 5.75 Å². The van der Waals surface area contributed by atoms with Crippen LogP contribution in [0, 0.1) is 0 Å². The quantitative estimate of drug-likeness (QED) is 0.794. The third kappa shape index (κ3) is 4.59. The molecule has 24 heavy (non-hydrogen) atoms. The molecule has 0 unspecified atom stereocenters. The number of ether oxygens (including phenoxy) is 2. The molecule has 4 heteroatoms. The standard InChI is InChI=1S/C20H23NO3/c1-15(11-20(22)23-14-16-5-3-2-4-6-16)17-7-9-18(10-8-17)24-19-12-21-13-19/h2-10,15,19,21H,11-14H2,1H3/t15-/m1/s1. The lowest BCUT2D eigenvalue weighted by Crippen LogP contribution is -2.50. The molecular weight excluding hydrogens is 302 g/mol. The van der Waals surface area contributed by atoms with Crippen LogP contribution in [0.4, 0.5) is 0 Å². The molecule has 0 spiro atoms. The van der Waals surface area contributed by atoms with Crippen molar-refractivity contribution in [1.29, 1.82) is 0 Å². The molecule has 2 aromatic carbocycles. The summed E-state index contributed by atoms with van der Waals surface area (Å²) in [5.74, 6) is 0.823. The Balaban J connectivity index is 1.46. The van der Waals surface area contributed by atoms with Crippen molar-refractivity contribution in [2.24, 2.45) is 0 Å². The van der Waals surface area contributed by atoms with Crippen LogP contribution < -0.4 is 10.1 Å². The Hall–Kier alpha value is -2.33. The fraction of sp³-hybridized carbons (Fsp3) is 0.350. The highest BCUT2D eigenvalue weighted by Gasteiger charge is 2.18. The van der Waals surface area contributed by atoms with Crippen molar-refractivity contribution in [3.05, 3.63) is 65.7 Å². The summed E-state index contributed by atoms with van der Waals surface area (Å²) < 4.78 is 11.1. The first-order chi connectivity index (χ1) is 11.7. The van der Waals surface area contributed by atoms with Crippen molar-refractivity contribution in [1.82, 2.24) is 5.32 Å². The van der Waals surface area contributed by atoms with Gasteiger partial charge >= 0.3 is 5.97 Å². The molecule has 126 valence electrons. The van der Waals surface area contributed by atoms with Crippen LogP contribution in [0.1, 0.15) is 30.4 Å². The van der Waals surface area contributed by atoms with E-state index < -0.39 is 0 Å². The minimum Gasteiger partial charge on any atom is -0.488 e. The number of carbonyl (C=O) groups is 1. The number of rotatable bonds is 7. The zero-order chi connectivity index (χ0) is 16.8. The van der Waals surface area contributed by atoms with E-state index in [0.717, 1.165) is 30.0 Å². The monoisotopic (exact) mass is 325 g/mol. The summed E-state index contributed by atoms with van der Waals surface area (Å²) in [6.07, 6.45) is 0.654. The van der Waals surface area contributed by atoms with E-state index >= 15 is 0 Å². The molecule has 0 radical (unpaired) electrons. The van der Waals surface area contributed by atoms with Gasteiger partial charge in [0.25, 0.3) is 0 Å². The molecule has 2 aromatic rings. The fourth-order valence-electron chi connectivity index (χ4n) is 2.58. The average molecular weight is 325 g/mol. The Morgan fingerprint density at radius 3 is 2.46 bits per heavy atom. The summed E-state index contributed by atoms with van der Waals surface area (Å²) in [5.41, 5.74) is 2.12. The molecule has 4 nitrogen and oxygen atoms in total. The second kappa shape index (κ2) is 7.97. The lowest BCUT2D eigenvalue weighted by atomic mass is 9.98. The van der Waals surface area contributed by atoms with Crippen LogP contribution in [-0.4, -0.2) is 25.2 Å². The highest BCUT2D eigenvalue weighted by Crippen LogP contribution is 2.23. The van der Waals surface area contributed by atoms with Crippen molar-refractivity contribution >= 4 is 5.97 Å². The lowest BCUT2D eigenvalue weighted by molar-refractivity contribution is -0.145. The minimum absolute atomic E-state index is 0.118. The summed E-state index contributed by atoms with van der Waals surface area (Å²) in [5, 5.41) is 3.18. The Bertz CT molecular complexity index is 650. The highest BCUT2D eigenvalue weighted by molar-refractivity contribution is 5.70. The van der Waals surface area contributed by atoms with E-state index in [1.807, 2.05) is 61.5 Å². The molecule has 1 N–H and O–H groups in total. The van der Waals surface area contributed by atoms with Crippen LogP contribution in [0.25, 0.3) is 0 Å². The molecule has 3 rings (SSSR count). The van der Waals surface area contributed by atoms with Crippen molar-refractivity contribution in [2.75, 3.05) is 13.1 Å². The van der Waals surface area contributed by atoms with Gasteiger partial charge in [0, 0.05) is 13.1 Å². The van der Waals surface area contributed by atoms with Crippen molar-refractivity contribution in [2.45, 2.75) is 32.0 Å². The van der Waals surface area contributed by atoms with Crippen LogP contribution >= 0.6 is 0 Å². The molecule has 1 aliphatic rings. The zero-order valence-electron chi connectivity index (χ0n) is 13.9. The van der Waals surface area contributed by atoms with Gasteiger partial charge in [-0.1, -0.05) is 49.4 Å². The Labute approximate surface area is 142 Å². The molecular formula is C20H23NO3. The molecule has 1 fully saturated rings. The summed E-state index contributed by atoms with van der Waals surface area (Å²) >= 11 is 0. The van der Waals surface area contributed by atoms with Crippen molar-refractivity contribution in [3.8, 4) is 5.75 Å². The van der Waals surface area contributed by atoms with Gasteiger partial charge in [-0.2, -0.15) is 0 Å². The number of hydrogen-bond donors (Lipinski definition) is 1. The first-order valence-electron chi connectivity index (χ1n) is 8.37. The maximum atomic E-state index is 12.0. The molecule has 1 saturated heterocycles. The topological polar surface area (TPSA) is 47.6 Å². The first-order valence-corrected chi connectivity index (χ1v) is 8.37. The predicted octanol–water partition coefficient (Wildman–Crippen LogP) is 3.27. The van der Waals surface area contributed by atoms with Crippen LogP contribution in [0.2, 0.25) is 0 Å². The molecule has 1 aliphatic heterocycles. The molecule has 0 bridgehead atoms. The van der Waals surface area contributed by atoms with Crippen molar-refractivity contribution < 1.29 is 14.3 Å². The van der Waals surface area contributed by atoms with Crippen LogP contribution in [0.15, 0.2) is 54.6 Å². The smallest absolute Gasteiger partial charge is 0.306 e. The van der Waals surface area contributed by atoms with Gasteiger partial charge in [0.1, 0.15) is 18.5 Å². The third-order valence-corrected chi connectivity index (χ3v) is 4.21. The third-order valence-electron chi connectivity index (χ3n) is 4.21. The molecule has 0 saturated carbocycles. The number of esters is 1. The van der Waals surface area contributed by atoms with E-state index in [1.165, 1.54) is 0 Å². The van der Waals surface area contributed by atoms with Gasteiger partial charge in [-0.25, -0.2) is 0 Å². The van der Waals surface area contributed by atoms with Gasteiger partial charge in [-0.05, 0) is 29.2 Å². The largest absolute Gasteiger partial charge is 0.488 e. The molecule has 0 aliphatic carbocycles. The Morgan fingerprint density at radius 2 is 1.83 bits per heavy atom. The van der Waals surface area contributed by atoms with E-state index in [1.54, 1.807) is 0 Å². The van der Waals surface area contributed by atoms with Gasteiger partial charge in [0.2, 0.25) is 0 Å². The fourth-order valence-corrected chi connectivity index (χ4v) is 2.58. The molecule has 0 aromatic heterocycles. The zero-order valence-corrected chi connectivity index (χ0v) is 13.9. The van der Waals surface area contributed by atoms with Gasteiger partial charge in [0.15, 0.2) is 0 Å². The van der Waals surface area contributed by atoms with E-state index in [2.05, 4.69) is 5.32 Å². The normalized spacial score (nSPS) is 15.4. The molecule has 0 amide bonds. The highest BCUT2D eigenvalue weighted by atomic mass is 16.5. The number of benzene rings is 2. The van der Waals surface area contributed by atoms with Crippen LogP contribution in [-0.2, 0) is 16.1 Å². The van der Waals surface area contributed by atoms with Gasteiger partial charge in [-0.3, -0.25) is 4.79 Å². The van der Waals surface area contributed by atoms with Crippen molar-refractivity contribution in [3.63, 3.8) is 0 Å². The van der Waals surface area contributed by atoms with E-state index in [-0.39, 0.29) is 18.0 Å². The summed E-state index contributed by atoms with van der Waals surface area (Å²) in [6.45, 7) is 4.18. The van der Waals surface area contributed by atoms with Crippen LogP contribution in [0.3, 0.4) is 0 Å². The second-order valence-corrected chi connectivity index (χ2v) is 6.22. The minimum atomic E-state index is -0.174. The van der Waals surface area contributed by atoms with E-state index in [0.29, 0.717) is 13.0 Å². The average Bonchev–Trinajstić information content (AvgIpc) is 2.58. The van der Waals surface area contributed by atoms with Gasteiger partial charge < -0.3 is 14.8 Å². The number of carbonyl (C=O) groups excluding carboxylic acids is 1. The van der Waals surface area contributed by atoms with Gasteiger partial charge in [0.05, 0.1) is 6.42 Å². The maximum absolute atomic E-state index is 12.0. The summed E-state index contributed by atoms with van der Waals surface area (Å²) in [6, 6.07) is 17.7. The SMILES string of the molecule is C[C@H](CC(=O)OCc1ccccc1)c1ccc(OC2CNC2)cc1.